The van der Waals surface area contributed by atoms with E-state index in [-0.39, 0.29) is 10.0 Å². The van der Waals surface area contributed by atoms with Gasteiger partial charge in [-0.3, -0.25) is 14.8 Å². The van der Waals surface area contributed by atoms with Crippen LogP contribution in [-0.2, 0) is 10.0 Å². The number of hydrogen-bond donors (Lipinski definition) is 3. The van der Waals surface area contributed by atoms with Crippen molar-refractivity contribution >= 4 is 57.9 Å². The Bertz CT molecular complexity index is 1290. The van der Waals surface area contributed by atoms with Crippen LogP contribution in [0.5, 0.6) is 0 Å². The third-order valence-electron chi connectivity index (χ3n) is 4.82. The summed E-state index contributed by atoms with van der Waals surface area (Å²) in [6, 6.07) is 16.5. The van der Waals surface area contributed by atoms with Gasteiger partial charge < -0.3 is 5.32 Å². The van der Waals surface area contributed by atoms with Gasteiger partial charge in [0.1, 0.15) is 7.85 Å². The highest BCUT2D eigenvalue weighted by Crippen LogP contribution is 2.21. The van der Waals surface area contributed by atoms with Gasteiger partial charge in [-0.1, -0.05) is 40.9 Å². The molecule has 9 heteroatoms. The minimum absolute atomic E-state index is 0.0816. The fourth-order valence-electron chi connectivity index (χ4n) is 2.97. The van der Waals surface area contributed by atoms with Crippen LogP contribution >= 0.6 is 12.2 Å². The van der Waals surface area contributed by atoms with E-state index in [4.69, 9.17) is 20.1 Å². The second kappa shape index (κ2) is 9.54. The predicted molar refractivity (Wildman–Crippen MR) is 133 cm³/mol. The molecule has 3 aromatic rings. The minimum Gasteiger partial charge on any atom is -0.332 e. The van der Waals surface area contributed by atoms with E-state index in [1.807, 2.05) is 32.9 Å². The van der Waals surface area contributed by atoms with Crippen LogP contribution in [0.4, 0.5) is 11.4 Å². The van der Waals surface area contributed by atoms with E-state index >= 15 is 0 Å². The molecule has 6 nitrogen and oxygen atoms in total. The minimum atomic E-state index is -3.75. The number of sulfonamides is 1. The molecule has 0 aliphatic carbocycles. The first-order valence-electron chi connectivity index (χ1n) is 9.74. The number of amides is 1. The second-order valence-corrected chi connectivity index (χ2v) is 9.52. The van der Waals surface area contributed by atoms with Gasteiger partial charge in [0, 0.05) is 11.3 Å². The van der Waals surface area contributed by atoms with E-state index in [1.165, 1.54) is 12.1 Å². The summed E-state index contributed by atoms with van der Waals surface area (Å²) in [7, 11) is 2.09. The van der Waals surface area contributed by atoms with Gasteiger partial charge in [-0.15, -0.1) is 0 Å². The Kier molecular flexibility index (Phi) is 7.01. The van der Waals surface area contributed by atoms with E-state index < -0.39 is 15.9 Å². The molecule has 3 aromatic carbocycles. The SMILES string of the molecule is [B]c1cc(C(=O)NC(=S)Nc2ccc(S(=O)(=O)Nc3ccc(C)cc3C)cc2)ccc1C. The zero-order valence-corrected chi connectivity index (χ0v) is 19.5. The Hall–Kier alpha value is -3.17. The summed E-state index contributed by atoms with van der Waals surface area (Å²) in [6.45, 7) is 5.64. The lowest BCUT2D eigenvalue weighted by Gasteiger charge is -2.13. The molecule has 0 atom stereocenters. The highest BCUT2D eigenvalue weighted by atomic mass is 32.2. The van der Waals surface area contributed by atoms with E-state index in [0.29, 0.717) is 22.4 Å². The number of carbonyl (C=O) groups excluding carboxylic acids is 1. The lowest BCUT2D eigenvalue weighted by atomic mass is 9.89. The Labute approximate surface area is 194 Å². The van der Waals surface area contributed by atoms with Crippen molar-refractivity contribution in [3.8, 4) is 0 Å². The van der Waals surface area contributed by atoms with Crippen LogP contribution in [-0.4, -0.2) is 27.3 Å². The maximum Gasteiger partial charge on any atom is 0.261 e. The van der Waals surface area contributed by atoms with Crippen molar-refractivity contribution in [1.82, 2.24) is 5.32 Å². The molecule has 1 amide bonds. The molecular formula is C23H22BN3O3S2. The highest BCUT2D eigenvalue weighted by molar-refractivity contribution is 7.92. The van der Waals surface area contributed by atoms with Crippen LogP contribution in [0, 0.1) is 20.8 Å². The number of carbonyl (C=O) groups is 1. The lowest BCUT2D eigenvalue weighted by Crippen LogP contribution is -2.34. The molecule has 3 rings (SSSR count). The Morgan fingerprint density at radius 1 is 0.906 bits per heavy atom. The number of hydrogen-bond acceptors (Lipinski definition) is 4. The van der Waals surface area contributed by atoms with Crippen molar-refractivity contribution in [1.29, 1.82) is 0 Å². The fourth-order valence-corrected chi connectivity index (χ4v) is 4.31. The van der Waals surface area contributed by atoms with Crippen LogP contribution in [0.25, 0.3) is 0 Å². The molecule has 0 fully saturated rings. The number of rotatable bonds is 5. The van der Waals surface area contributed by atoms with Gasteiger partial charge in [0.05, 0.1) is 10.6 Å². The summed E-state index contributed by atoms with van der Waals surface area (Å²) in [6.07, 6.45) is 0. The summed E-state index contributed by atoms with van der Waals surface area (Å²) in [5.41, 5.74) is 4.73. The molecule has 0 saturated carbocycles. The van der Waals surface area contributed by atoms with Crippen LogP contribution in [0.2, 0.25) is 0 Å². The zero-order valence-electron chi connectivity index (χ0n) is 17.9. The fraction of sp³-hybridized carbons (Fsp3) is 0.130. The number of nitrogens with one attached hydrogen (secondary N) is 3. The quantitative estimate of drug-likeness (QED) is 0.399. The summed E-state index contributed by atoms with van der Waals surface area (Å²) in [5, 5.41) is 5.52. The third-order valence-corrected chi connectivity index (χ3v) is 6.40. The van der Waals surface area contributed by atoms with E-state index in [1.54, 1.807) is 36.4 Å². The summed E-state index contributed by atoms with van der Waals surface area (Å²) >= 11 is 5.18. The number of aryl methyl sites for hydroxylation is 3. The molecule has 0 spiro atoms. The van der Waals surface area contributed by atoms with Gasteiger partial charge in [0.25, 0.3) is 15.9 Å². The summed E-state index contributed by atoms with van der Waals surface area (Å²) in [5.74, 6) is -0.397. The predicted octanol–water partition coefficient (Wildman–Crippen LogP) is 3.33. The van der Waals surface area contributed by atoms with E-state index in [0.717, 1.165) is 16.7 Å². The number of anilines is 2. The molecule has 0 saturated heterocycles. The van der Waals surface area contributed by atoms with Gasteiger partial charge in [-0.05, 0) is 75.0 Å². The molecule has 0 unspecified atom stereocenters. The summed E-state index contributed by atoms with van der Waals surface area (Å²) in [4.78, 5) is 12.4. The van der Waals surface area contributed by atoms with Gasteiger partial charge in [0.2, 0.25) is 0 Å². The smallest absolute Gasteiger partial charge is 0.261 e. The first-order valence-corrected chi connectivity index (χ1v) is 11.6. The average Bonchev–Trinajstić information content (AvgIpc) is 2.72. The molecule has 32 heavy (non-hydrogen) atoms. The van der Waals surface area contributed by atoms with Crippen molar-refractivity contribution in [2.24, 2.45) is 0 Å². The molecule has 0 aliphatic rings. The van der Waals surface area contributed by atoms with Crippen molar-refractivity contribution in [2.45, 2.75) is 25.7 Å². The first-order chi connectivity index (χ1) is 15.0. The Morgan fingerprint density at radius 2 is 1.59 bits per heavy atom. The molecule has 0 bridgehead atoms. The van der Waals surface area contributed by atoms with Gasteiger partial charge in [-0.25, -0.2) is 8.42 Å². The molecular weight excluding hydrogens is 441 g/mol. The van der Waals surface area contributed by atoms with Crippen molar-refractivity contribution in [3.63, 3.8) is 0 Å². The van der Waals surface area contributed by atoms with Crippen molar-refractivity contribution in [2.75, 3.05) is 10.0 Å². The topological polar surface area (TPSA) is 87.3 Å². The van der Waals surface area contributed by atoms with Gasteiger partial charge in [-0.2, -0.15) is 0 Å². The highest BCUT2D eigenvalue weighted by Gasteiger charge is 2.16. The first kappa shape index (κ1) is 23.5. The normalized spacial score (nSPS) is 11.0. The maximum atomic E-state index is 12.7. The van der Waals surface area contributed by atoms with E-state index in [9.17, 15) is 13.2 Å². The molecule has 0 aromatic heterocycles. The van der Waals surface area contributed by atoms with Crippen molar-refractivity contribution < 1.29 is 13.2 Å². The molecule has 0 aliphatic heterocycles. The largest absolute Gasteiger partial charge is 0.332 e. The monoisotopic (exact) mass is 463 g/mol. The van der Waals surface area contributed by atoms with Gasteiger partial charge in [0.15, 0.2) is 5.11 Å². The summed E-state index contributed by atoms with van der Waals surface area (Å²) < 4.78 is 28.0. The standard InChI is InChI=1S/C23H22BN3O3S2/c1-14-4-11-21(16(3)12-14)27-32(29,30)19-9-7-18(8-10-19)25-23(31)26-22(28)17-6-5-15(2)20(24)13-17/h4-13,27H,1-3H3,(H2,25,26,28,31). The Morgan fingerprint density at radius 3 is 2.22 bits per heavy atom. The molecule has 0 heterocycles. The molecule has 3 N–H and O–H groups in total. The van der Waals surface area contributed by atoms with Crippen LogP contribution in [0.1, 0.15) is 27.0 Å². The van der Waals surface area contributed by atoms with Gasteiger partial charge >= 0.3 is 0 Å². The molecule has 162 valence electrons. The van der Waals surface area contributed by atoms with Crippen LogP contribution in [0.3, 0.4) is 0 Å². The third kappa shape index (κ3) is 5.75. The molecule has 2 radical (unpaired) electrons. The zero-order chi connectivity index (χ0) is 23.5. The van der Waals surface area contributed by atoms with Crippen molar-refractivity contribution in [3.05, 3.63) is 82.9 Å². The number of thiocarbonyl (C=S) groups is 1. The lowest BCUT2D eigenvalue weighted by molar-refractivity contribution is 0.0978. The maximum absolute atomic E-state index is 12.7. The van der Waals surface area contributed by atoms with E-state index in [2.05, 4.69) is 15.4 Å². The number of benzene rings is 3. The Balaban J connectivity index is 1.65. The average molecular weight is 463 g/mol. The van der Waals surface area contributed by atoms with Crippen LogP contribution < -0.4 is 20.8 Å². The second-order valence-electron chi connectivity index (χ2n) is 7.43. The van der Waals surface area contributed by atoms with Crippen LogP contribution in [0.15, 0.2) is 65.6 Å².